The maximum atomic E-state index is 8.68. The second-order valence-corrected chi connectivity index (χ2v) is 4.29. The number of oxime groups is 1. The van der Waals surface area contributed by atoms with Crippen LogP contribution >= 0.6 is 0 Å². The number of rotatable bonds is 12. The van der Waals surface area contributed by atoms with E-state index in [1.54, 1.807) is 0 Å². The molecule has 6 heteroatoms. The summed E-state index contributed by atoms with van der Waals surface area (Å²) in [6.07, 6.45) is 1.50. The van der Waals surface area contributed by atoms with E-state index in [0.29, 0.717) is 19.6 Å². The molecule has 6 nitrogen and oxygen atoms in total. The van der Waals surface area contributed by atoms with E-state index in [4.69, 9.17) is 20.4 Å². The summed E-state index contributed by atoms with van der Waals surface area (Å²) in [6.45, 7) is 10.5. The van der Waals surface area contributed by atoms with Gasteiger partial charge < -0.3 is 20.4 Å². The van der Waals surface area contributed by atoms with E-state index in [1.165, 1.54) is 0 Å². The van der Waals surface area contributed by atoms with Crippen LogP contribution in [0.2, 0.25) is 0 Å². The largest absolute Gasteiger partial charge is 0.409 e. The Bertz CT molecular complexity index is 227. The third kappa shape index (κ3) is 8.80. The quantitative estimate of drug-likeness (QED) is 0.184. The maximum absolute atomic E-state index is 8.68. The molecule has 0 aromatic heterocycles. The lowest BCUT2D eigenvalue weighted by Gasteiger charge is -2.30. The topological polar surface area (TPSA) is 80.3 Å². The van der Waals surface area contributed by atoms with Crippen LogP contribution < -0.4 is 5.73 Å². The molecular weight excluding hydrogens is 246 g/mol. The lowest BCUT2D eigenvalue weighted by molar-refractivity contribution is 0.0628. The third-order valence-corrected chi connectivity index (χ3v) is 3.01. The Morgan fingerprint density at radius 2 is 1.68 bits per heavy atom. The summed E-state index contributed by atoms with van der Waals surface area (Å²) in [7, 11) is 0. The second-order valence-electron chi connectivity index (χ2n) is 4.29. The van der Waals surface area contributed by atoms with Gasteiger partial charge in [-0.05, 0) is 20.3 Å². The van der Waals surface area contributed by atoms with E-state index in [0.717, 1.165) is 32.7 Å². The minimum absolute atomic E-state index is 0.247. The Morgan fingerprint density at radius 3 is 2.05 bits per heavy atom. The van der Waals surface area contributed by atoms with E-state index in [1.807, 2.05) is 13.8 Å². The average molecular weight is 275 g/mol. The van der Waals surface area contributed by atoms with Crippen LogP contribution in [0.15, 0.2) is 5.16 Å². The summed E-state index contributed by atoms with van der Waals surface area (Å²) in [6, 6.07) is 0.247. The molecule has 0 saturated carbocycles. The van der Waals surface area contributed by atoms with Crippen LogP contribution in [-0.4, -0.2) is 61.5 Å². The zero-order valence-electron chi connectivity index (χ0n) is 12.5. The van der Waals surface area contributed by atoms with E-state index in [9.17, 15) is 0 Å². The van der Waals surface area contributed by atoms with Crippen LogP contribution in [0, 0.1) is 0 Å². The molecule has 0 aromatic carbocycles. The van der Waals surface area contributed by atoms with Crippen molar-refractivity contribution in [1.29, 1.82) is 0 Å². The van der Waals surface area contributed by atoms with Crippen molar-refractivity contribution in [2.45, 2.75) is 39.7 Å². The molecule has 0 saturated heterocycles. The van der Waals surface area contributed by atoms with Crippen LogP contribution in [-0.2, 0) is 9.47 Å². The molecule has 0 spiro atoms. The fourth-order valence-electron chi connectivity index (χ4n) is 1.94. The predicted octanol–water partition coefficient (Wildman–Crippen LogP) is 1.28. The minimum atomic E-state index is 0.247. The molecule has 0 rings (SSSR count). The Labute approximate surface area is 116 Å². The fraction of sp³-hybridized carbons (Fsp3) is 0.923. The standard InChI is InChI=1S/C13H29N3O3/c1-4-12(11-13(14)15-17)16(7-9-18-5-2)8-10-19-6-3/h12,17H,4-11H2,1-3H3,(H2,14,15). The molecule has 0 aliphatic carbocycles. The van der Waals surface area contributed by atoms with Crippen LogP contribution in [0.25, 0.3) is 0 Å². The number of ether oxygens (including phenoxy) is 2. The molecule has 0 amide bonds. The number of nitrogens with zero attached hydrogens (tertiary/aromatic N) is 2. The highest BCUT2D eigenvalue weighted by molar-refractivity contribution is 5.80. The van der Waals surface area contributed by atoms with Crippen molar-refractivity contribution < 1.29 is 14.7 Å². The molecule has 0 fully saturated rings. The predicted molar refractivity (Wildman–Crippen MR) is 76.7 cm³/mol. The van der Waals surface area contributed by atoms with E-state index in [2.05, 4.69) is 17.0 Å². The molecule has 114 valence electrons. The van der Waals surface area contributed by atoms with Crippen molar-refractivity contribution >= 4 is 5.84 Å². The van der Waals surface area contributed by atoms with Gasteiger partial charge in [0.2, 0.25) is 0 Å². The molecule has 0 heterocycles. The van der Waals surface area contributed by atoms with E-state index in [-0.39, 0.29) is 11.9 Å². The summed E-state index contributed by atoms with van der Waals surface area (Å²) in [4.78, 5) is 2.28. The van der Waals surface area contributed by atoms with E-state index < -0.39 is 0 Å². The Balaban J connectivity index is 4.37. The average Bonchev–Trinajstić information content (AvgIpc) is 2.43. The summed E-state index contributed by atoms with van der Waals surface area (Å²) in [5, 5.41) is 11.7. The van der Waals surface area contributed by atoms with Crippen molar-refractivity contribution in [2.75, 3.05) is 39.5 Å². The van der Waals surface area contributed by atoms with Gasteiger partial charge in [-0.2, -0.15) is 0 Å². The normalized spacial score (nSPS) is 14.0. The van der Waals surface area contributed by atoms with Gasteiger partial charge >= 0.3 is 0 Å². The number of nitrogens with two attached hydrogens (primary N) is 1. The first kappa shape index (κ1) is 18.1. The Morgan fingerprint density at radius 1 is 1.16 bits per heavy atom. The molecule has 0 aliphatic rings. The van der Waals surface area contributed by atoms with Gasteiger partial charge in [0, 0.05) is 38.8 Å². The molecule has 19 heavy (non-hydrogen) atoms. The smallest absolute Gasteiger partial charge is 0.140 e. The lowest BCUT2D eigenvalue weighted by Crippen LogP contribution is -2.42. The second kappa shape index (κ2) is 12.2. The van der Waals surface area contributed by atoms with Gasteiger partial charge in [-0.15, -0.1) is 0 Å². The highest BCUT2D eigenvalue weighted by Gasteiger charge is 2.18. The van der Waals surface area contributed by atoms with Crippen molar-refractivity contribution in [3.63, 3.8) is 0 Å². The van der Waals surface area contributed by atoms with Crippen LogP contribution in [0.1, 0.15) is 33.6 Å². The molecule has 0 bridgehead atoms. The van der Waals surface area contributed by atoms with Gasteiger partial charge in [-0.25, -0.2) is 0 Å². The first-order valence-electron chi connectivity index (χ1n) is 7.05. The van der Waals surface area contributed by atoms with Gasteiger partial charge in [0.15, 0.2) is 0 Å². The summed E-state index contributed by atoms with van der Waals surface area (Å²) < 4.78 is 10.8. The SMILES string of the molecule is CCOCCN(CCOCC)C(CC)CC(N)=NO. The van der Waals surface area contributed by atoms with Gasteiger partial charge in [-0.1, -0.05) is 12.1 Å². The van der Waals surface area contributed by atoms with Crippen LogP contribution in [0.3, 0.4) is 0 Å². The maximum Gasteiger partial charge on any atom is 0.140 e. The van der Waals surface area contributed by atoms with Crippen molar-refractivity contribution in [2.24, 2.45) is 10.9 Å². The zero-order chi connectivity index (χ0) is 14.5. The molecule has 0 aliphatic heterocycles. The summed E-state index contributed by atoms with van der Waals surface area (Å²) in [5.41, 5.74) is 5.61. The third-order valence-electron chi connectivity index (χ3n) is 3.01. The molecule has 0 radical (unpaired) electrons. The van der Waals surface area contributed by atoms with Gasteiger partial charge in [0.1, 0.15) is 5.84 Å². The van der Waals surface area contributed by atoms with Crippen molar-refractivity contribution in [3.8, 4) is 0 Å². The number of hydrogen-bond donors (Lipinski definition) is 2. The monoisotopic (exact) mass is 275 g/mol. The molecule has 3 N–H and O–H groups in total. The minimum Gasteiger partial charge on any atom is -0.409 e. The van der Waals surface area contributed by atoms with Crippen molar-refractivity contribution in [1.82, 2.24) is 4.90 Å². The molecule has 1 atom stereocenters. The zero-order valence-corrected chi connectivity index (χ0v) is 12.5. The molecule has 0 aromatic rings. The number of hydrogen-bond acceptors (Lipinski definition) is 5. The van der Waals surface area contributed by atoms with Crippen LogP contribution in [0.5, 0.6) is 0 Å². The highest BCUT2D eigenvalue weighted by Crippen LogP contribution is 2.09. The summed E-state index contributed by atoms with van der Waals surface area (Å²) >= 11 is 0. The lowest BCUT2D eigenvalue weighted by atomic mass is 10.1. The van der Waals surface area contributed by atoms with Gasteiger partial charge in [0.25, 0.3) is 0 Å². The Hall–Kier alpha value is -0.850. The van der Waals surface area contributed by atoms with Crippen LogP contribution in [0.4, 0.5) is 0 Å². The van der Waals surface area contributed by atoms with Gasteiger partial charge in [0.05, 0.1) is 13.2 Å². The fourth-order valence-corrected chi connectivity index (χ4v) is 1.94. The Kier molecular flexibility index (Phi) is 11.7. The molecule has 1 unspecified atom stereocenters. The van der Waals surface area contributed by atoms with Crippen molar-refractivity contribution in [3.05, 3.63) is 0 Å². The number of amidine groups is 1. The highest BCUT2D eigenvalue weighted by atomic mass is 16.5. The first-order chi connectivity index (χ1) is 9.19. The van der Waals surface area contributed by atoms with Gasteiger partial charge in [-0.3, -0.25) is 4.90 Å². The first-order valence-corrected chi connectivity index (χ1v) is 7.05. The molecular formula is C13H29N3O3. The summed E-state index contributed by atoms with van der Waals surface area (Å²) in [5.74, 6) is 0.268. The van der Waals surface area contributed by atoms with E-state index >= 15 is 0 Å².